The first kappa shape index (κ1) is 13.6. The lowest BCUT2D eigenvalue weighted by Crippen LogP contribution is -2.24. The molecule has 2 N–H and O–H groups in total. The SMILES string of the molecule is CCOC(CN)CCSCc1ccccc1. The molecule has 1 atom stereocenters. The van der Waals surface area contributed by atoms with Crippen molar-refractivity contribution >= 4 is 11.8 Å². The van der Waals surface area contributed by atoms with Gasteiger partial charge in [-0.05, 0) is 24.7 Å². The van der Waals surface area contributed by atoms with E-state index in [1.54, 1.807) is 0 Å². The summed E-state index contributed by atoms with van der Waals surface area (Å²) in [5.74, 6) is 2.18. The van der Waals surface area contributed by atoms with E-state index in [-0.39, 0.29) is 6.10 Å². The Labute approximate surface area is 103 Å². The Morgan fingerprint density at radius 3 is 2.69 bits per heavy atom. The van der Waals surface area contributed by atoms with Gasteiger partial charge >= 0.3 is 0 Å². The molecule has 2 nitrogen and oxygen atoms in total. The maximum atomic E-state index is 5.62. The van der Waals surface area contributed by atoms with Crippen LogP contribution in [0.2, 0.25) is 0 Å². The summed E-state index contributed by atoms with van der Waals surface area (Å²) in [6.07, 6.45) is 1.27. The van der Waals surface area contributed by atoms with Crippen LogP contribution in [0.3, 0.4) is 0 Å². The van der Waals surface area contributed by atoms with Gasteiger partial charge in [-0.25, -0.2) is 0 Å². The maximum Gasteiger partial charge on any atom is 0.0705 e. The minimum atomic E-state index is 0.230. The summed E-state index contributed by atoms with van der Waals surface area (Å²) in [5.41, 5.74) is 7.00. The molecule has 0 heterocycles. The Morgan fingerprint density at radius 1 is 1.31 bits per heavy atom. The number of thioether (sulfide) groups is 1. The van der Waals surface area contributed by atoms with E-state index >= 15 is 0 Å². The zero-order valence-corrected chi connectivity index (χ0v) is 10.7. The van der Waals surface area contributed by atoms with Crippen molar-refractivity contribution in [1.82, 2.24) is 0 Å². The van der Waals surface area contributed by atoms with E-state index < -0.39 is 0 Å². The molecule has 1 unspecified atom stereocenters. The molecule has 0 fully saturated rings. The van der Waals surface area contributed by atoms with Crippen LogP contribution in [-0.4, -0.2) is 25.0 Å². The fourth-order valence-corrected chi connectivity index (χ4v) is 2.49. The third-order valence-corrected chi connectivity index (χ3v) is 3.42. The molecule has 0 aliphatic heterocycles. The van der Waals surface area contributed by atoms with Crippen molar-refractivity contribution in [3.8, 4) is 0 Å². The molecule has 0 bridgehead atoms. The highest BCUT2D eigenvalue weighted by molar-refractivity contribution is 7.98. The van der Waals surface area contributed by atoms with Crippen molar-refractivity contribution in [2.45, 2.75) is 25.2 Å². The zero-order chi connectivity index (χ0) is 11.6. The Hall–Kier alpha value is -0.510. The van der Waals surface area contributed by atoms with Gasteiger partial charge in [0.1, 0.15) is 0 Å². The Morgan fingerprint density at radius 2 is 2.06 bits per heavy atom. The standard InChI is InChI=1S/C13H21NOS/c1-2-15-13(10-14)8-9-16-11-12-6-4-3-5-7-12/h3-7,13H,2,8-11,14H2,1H3. The van der Waals surface area contributed by atoms with E-state index in [4.69, 9.17) is 10.5 Å². The molecule has 1 rings (SSSR count). The fourth-order valence-electron chi connectivity index (χ4n) is 1.48. The molecule has 1 aromatic rings. The lowest BCUT2D eigenvalue weighted by Gasteiger charge is -2.14. The van der Waals surface area contributed by atoms with Crippen LogP contribution < -0.4 is 5.73 Å². The molecule has 3 heteroatoms. The van der Waals surface area contributed by atoms with Gasteiger partial charge in [-0.3, -0.25) is 0 Å². The Bertz CT molecular complexity index is 266. The minimum Gasteiger partial charge on any atom is -0.377 e. The molecule has 0 spiro atoms. The predicted molar refractivity (Wildman–Crippen MR) is 71.7 cm³/mol. The number of hydrogen-bond acceptors (Lipinski definition) is 3. The average Bonchev–Trinajstić information content (AvgIpc) is 2.34. The molecule has 0 saturated carbocycles. The van der Waals surface area contributed by atoms with Gasteiger partial charge in [-0.1, -0.05) is 30.3 Å². The van der Waals surface area contributed by atoms with Crippen molar-refractivity contribution in [1.29, 1.82) is 0 Å². The summed E-state index contributed by atoms with van der Waals surface area (Å²) in [4.78, 5) is 0. The predicted octanol–water partition coefficient (Wildman–Crippen LogP) is 2.67. The lowest BCUT2D eigenvalue weighted by molar-refractivity contribution is 0.0674. The van der Waals surface area contributed by atoms with Gasteiger partial charge in [0.15, 0.2) is 0 Å². The average molecular weight is 239 g/mol. The van der Waals surface area contributed by atoms with Crippen LogP contribution >= 0.6 is 11.8 Å². The zero-order valence-electron chi connectivity index (χ0n) is 9.89. The fraction of sp³-hybridized carbons (Fsp3) is 0.538. The molecule has 0 aliphatic carbocycles. The molecular weight excluding hydrogens is 218 g/mol. The third-order valence-electron chi connectivity index (χ3n) is 2.36. The van der Waals surface area contributed by atoms with Crippen LogP contribution in [0.5, 0.6) is 0 Å². The number of nitrogens with two attached hydrogens (primary N) is 1. The quantitative estimate of drug-likeness (QED) is 0.708. The van der Waals surface area contributed by atoms with E-state index in [0.717, 1.165) is 24.5 Å². The second-order valence-electron chi connectivity index (χ2n) is 3.64. The van der Waals surface area contributed by atoms with Crippen LogP contribution in [0, 0.1) is 0 Å². The van der Waals surface area contributed by atoms with Crippen molar-refractivity contribution in [2.75, 3.05) is 18.9 Å². The van der Waals surface area contributed by atoms with E-state index in [1.165, 1.54) is 5.56 Å². The first-order chi connectivity index (χ1) is 7.86. The smallest absolute Gasteiger partial charge is 0.0705 e. The van der Waals surface area contributed by atoms with Gasteiger partial charge in [-0.15, -0.1) is 0 Å². The molecule has 90 valence electrons. The van der Waals surface area contributed by atoms with Crippen LogP contribution in [0.15, 0.2) is 30.3 Å². The van der Waals surface area contributed by atoms with Crippen molar-refractivity contribution in [2.24, 2.45) is 5.73 Å². The van der Waals surface area contributed by atoms with E-state index in [9.17, 15) is 0 Å². The topological polar surface area (TPSA) is 35.2 Å². The van der Waals surface area contributed by atoms with Crippen molar-refractivity contribution in [3.63, 3.8) is 0 Å². The molecular formula is C13H21NOS. The first-order valence-corrected chi connectivity index (χ1v) is 6.95. The Balaban J connectivity index is 2.11. The van der Waals surface area contributed by atoms with E-state index in [0.29, 0.717) is 6.54 Å². The van der Waals surface area contributed by atoms with E-state index in [1.807, 2.05) is 24.8 Å². The van der Waals surface area contributed by atoms with Gasteiger partial charge in [0.05, 0.1) is 6.10 Å². The van der Waals surface area contributed by atoms with Crippen LogP contribution in [-0.2, 0) is 10.5 Å². The summed E-state index contributed by atoms with van der Waals surface area (Å²) < 4.78 is 5.51. The summed E-state index contributed by atoms with van der Waals surface area (Å²) in [6.45, 7) is 3.39. The minimum absolute atomic E-state index is 0.230. The molecule has 1 aromatic carbocycles. The van der Waals surface area contributed by atoms with Crippen molar-refractivity contribution < 1.29 is 4.74 Å². The highest BCUT2D eigenvalue weighted by atomic mass is 32.2. The molecule has 0 radical (unpaired) electrons. The third kappa shape index (κ3) is 5.54. The first-order valence-electron chi connectivity index (χ1n) is 5.80. The molecule has 0 saturated heterocycles. The summed E-state index contributed by atoms with van der Waals surface area (Å²) in [6, 6.07) is 10.5. The number of rotatable bonds is 8. The normalized spacial score (nSPS) is 12.6. The van der Waals surface area contributed by atoms with Gasteiger partial charge in [-0.2, -0.15) is 11.8 Å². The molecule has 0 amide bonds. The van der Waals surface area contributed by atoms with Gasteiger partial charge in [0, 0.05) is 18.9 Å². The van der Waals surface area contributed by atoms with Crippen LogP contribution in [0.4, 0.5) is 0 Å². The van der Waals surface area contributed by atoms with Gasteiger partial charge in [0.2, 0.25) is 0 Å². The van der Waals surface area contributed by atoms with Gasteiger partial charge in [0.25, 0.3) is 0 Å². The second-order valence-corrected chi connectivity index (χ2v) is 4.75. The number of benzene rings is 1. The van der Waals surface area contributed by atoms with E-state index in [2.05, 4.69) is 24.3 Å². The molecule has 0 aromatic heterocycles. The van der Waals surface area contributed by atoms with Crippen LogP contribution in [0.25, 0.3) is 0 Å². The molecule has 16 heavy (non-hydrogen) atoms. The largest absolute Gasteiger partial charge is 0.377 e. The Kier molecular flexibility index (Phi) is 7.30. The monoisotopic (exact) mass is 239 g/mol. The highest BCUT2D eigenvalue weighted by Gasteiger charge is 2.05. The lowest BCUT2D eigenvalue weighted by atomic mass is 10.2. The van der Waals surface area contributed by atoms with Gasteiger partial charge < -0.3 is 10.5 Å². The summed E-state index contributed by atoms with van der Waals surface area (Å²) in [5, 5.41) is 0. The van der Waals surface area contributed by atoms with Crippen molar-refractivity contribution in [3.05, 3.63) is 35.9 Å². The maximum absolute atomic E-state index is 5.62. The molecule has 0 aliphatic rings. The summed E-state index contributed by atoms with van der Waals surface area (Å²) in [7, 11) is 0. The number of ether oxygens (including phenoxy) is 1. The highest BCUT2D eigenvalue weighted by Crippen LogP contribution is 2.14. The number of hydrogen-bond donors (Lipinski definition) is 1. The second kappa shape index (κ2) is 8.62. The van der Waals surface area contributed by atoms with Crippen LogP contribution in [0.1, 0.15) is 18.9 Å². The summed E-state index contributed by atoms with van der Waals surface area (Å²) >= 11 is 1.94.